The molecule has 78 valence electrons. The van der Waals surface area contributed by atoms with Gasteiger partial charge in [-0.25, -0.2) is 0 Å². The Labute approximate surface area is 86.0 Å². The third-order valence-electron chi connectivity index (χ3n) is 2.23. The van der Waals surface area contributed by atoms with Crippen LogP contribution in [0.2, 0.25) is 0 Å². The molecular formula is C10H9NO4. The number of rotatable bonds is 2. The number of carbonyl (C=O) groups is 2. The number of amides is 1. The second-order valence-electron chi connectivity index (χ2n) is 3.01. The predicted octanol–water partition coefficient (Wildman–Crippen LogP) is 0.839. The summed E-state index contributed by atoms with van der Waals surface area (Å²) in [5.41, 5.74) is 0.699. The Bertz CT molecular complexity index is 453. The highest BCUT2D eigenvalue weighted by molar-refractivity contribution is 6.52. The lowest BCUT2D eigenvalue weighted by atomic mass is 10.1. The third-order valence-corrected chi connectivity index (χ3v) is 2.23. The molecule has 15 heavy (non-hydrogen) atoms. The van der Waals surface area contributed by atoms with E-state index in [9.17, 15) is 9.59 Å². The van der Waals surface area contributed by atoms with E-state index in [4.69, 9.17) is 9.47 Å². The molecule has 1 aliphatic rings. The van der Waals surface area contributed by atoms with Gasteiger partial charge in [0.05, 0.1) is 25.5 Å². The van der Waals surface area contributed by atoms with Crippen LogP contribution < -0.4 is 14.8 Å². The molecule has 1 N–H and O–H groups in total. The number of hydrogen-bond acceptors (Lipinski definition) is 4. The Kier molecular flexibility index (Phi) is 2.07. The number of carbonyl (C=O) groups excluding carboxylic acids is 2. The van der Waals surface area contributed by atoms with E-state index in [1.54, 1.807) is 12.1 Å². The van der Waals surface area contributed by atoms with E-state index in [0.29, 0.717) is 17.2 Å². The smallest absolute Gasteiger partial charge is 0.297 e. The Morgan fingerprint density at radius 3 is 2.47 bits per heavy atom. The maximum Gasteiger partial charge on any atom is 0.297 e. The largest absolute Gasteiger partial charge is 0.493 e. The molecule has 1 heterocycles. The molecule has 1 amide bonds. The number of nitrogens with one attached hydrogen (secondary N) is 1. The van der Waals surface area contributed by atoms with Gasteiger partial charge in [-0.1, -0.05) is 0 Å². The molecule has 0 saturated heterocycles. The van der Waals surface area contributed by atoms with Crippen LogP contribution in [0, 0.1) is 0 Å². The van der Waals surface area contributed by atoms with Crippen molar-refractivity contribution in [1.82, 2.24) is 0 Å². The molecule has 1 aromatic rings. The molecular weight excluding hydrogens is 198 g/mol. The standard InChI is InChI=1S/C10H9NO4/c1-14-6-4-3-5-7(9(6)15-2)8(12)10(13)11-5/h3-4H,1-2H3,(H,11,12,13). The van der Waals surface area contributed by atoms with Crippen molar-refractivity contribution < 1.29 is 19.1 Å². The minimum atomic E-state index is -0.642. The first kappa shape index (κ1) is 9.51. The van der Waals surface area contributed by atoms with Crippen molar-refractivity contribution in [3.63, 3.8) is 0 Å². The highest BCUT2D eigenvalue weighted by atomic mass is 16.5. The fourth-order valence-corrected chi connectivity index (χ4v) is 1.55. The Hall–Kier alpha value is -2.04. The van der Waals surface area contributed by atoms with Crippen LogP contribution in [0.25, 0.3) is 0 Å². The van der Waals surface area contributed by atoms with Gasteiger partial charge in [0.25, 0.3) is 11.7 Å². The van der Waals surface area contributed by atoms with Crippen LogP contribution in [-0.4, -0.2) is 25.9 Å². The summed E-state index contributed by atoms with van der Waals surface area (Å²) in [5, 5.41) is 2.45. The van der Waals surface area contributed by atoms with E-state index in [-0.39, 0.29) is 5.56 Å². The Balaban J connectivity index is 2.66. The molecule has 5 nitrogen and oxygen atoms in total. The lowest BCUT2D eigenvalue weighted by molar-refractivity contribution is -0.112. The molecule has 0 aromatic heterocycles. The molecule has 0 bridgehead atoms. The summed E-state index contributed by atoms with van der Waals surface area (Å²) >= 11 is 0. The molecule has 0 aliphatic carbocycles. The zero-order chi connectivity index (χ0) is 11.0. The molecule has 0 atom stereocenters. The highest BCUT2D eigenvalue weighted by Crippen LogP contribution is 2.38. The van der Waals surface area contributed by atoms with Crippen molar-refractivity contribution in [2.75, 3.05) is 19.5 Å². The zero-order valence-corrected chi connectivity index (χ0v) is 8.29. The van der Waals surface area contributed by atoms with E-state index in [1.807, 2.05) is 0 Å². The average molecular weight is 207 g/mol. The molecule has 0 fully saturated rings. The first-order valence-corrected chi connectivity index (χ1v) is 4.29. The average Bonchev–Trinajstić information content (AvgIpc) is 2.54. The normalized spacial score (nSPS) is 13.5. The number of anilines is 1. The van der Waals surface area contributed by atoms with E-state index in [2.05, 4.69) is 5.32 Å². The van der Waals surface area contributed by atoms with Crippen LogP contribution in [0.4, 0.5) is 5.69 Å². The van der Waals surface area contributed by atoms with Crippen molar-refractivity contribution in [3.05, 3.63) is 17.7 Å². The van der Waals surface area contributed by atoms with E-state index >= 15 is 0 Å². The molecule has 1 aromatic carbocycles. The third kappa shape index (κ3) is 1.24. The quantitative estimate of drug-likeness (QED) is 0.730. The lowest BCUT2D eigenvalue weighted by Crippen LogP contribution is -2.12. The van der Waals surface area contributed by atoms with Crippen LogP contribution in [-0.2, 0) is 4.79 Å². The fraction of sp³-hybridized carbons (Fsp3) is 0.200. The Morgan fingerprint density at radius 1 is 1.13 bits per heavy atom. The topological polar surface area (TPSA) is 64.6 Å². The summed E-state index contributed by atoms with van der Waals surface area (Å²) in [6.45, 7) is 0. The van der Waals surface area contributed by atoms with Gasteiger partial charge in [0.1, 0.15) is 0 Å². The van der Waals surface area contributed by atoms with E-state index in [1.165, 1.54) is 14.2 Å². The molecule has 0 unspecified atom stereocenters. The number of ketones is 1. The molecule has 0 radical (unpaired) electrons. The highest BCUT2D eigenvalue weighted by Gasteiger charge is 2.33. The molecule has 2 rings (SSSR count). The second-order valence-corrected chi connectivity index (χ2v) is 3.01. The van der Waals surface area contributed by atoms with Crippen molar-refractivity contribution in [2.24, 2.45) is 0 Å². The number of ether oxygens (including phenoxy) is 2. The molecule has 0 saturated carbocycles. The number of methoxy groups -OCH3 is 2. The minimum Gasteiger partial charge on any atom is -0.493 e. The molecule has 5 heteroatoms. The Morgan fingerprint density at radius 2 is 1.87 bits per heavy atom. The summed E-state index contributed by atoms with van der Waals surface area (Å²) in [4.78, 5) is 22.6. The van der Waals surface area contributed by atoms with Crippen molar-refractivity contribution >= 4 is 17.4 Å². The van der Waals surface area contributed by atoms with Gasteiger partial charge in [0, 0.05) is 0 Å². The first-order valence-electron chi connectivity index (χ1n) is 4.29. The SMILES string of the molecule is COc1ccc2c(c1OC)C(=O)C(=O)N2. The first-order chi connectivity index (χ1) is 7.19. The number of benzene rings is 1. The van der Waals surface area contributed by atoms with Crippen LogP contribution in [0.15, 0.2) is 12.1 Å². The number of fused-ring (bicyclic) bond motifs is 1. The lowest BCUT2D eigenvalue weighted by Gasteiger charge is -2.09. The van der Waals surface area contributed by atoms with Gasteiger partial charge in [-0.2, -0.15) is 0 Å². The van der Waals surface area contributed by atoms with E-state index in [0.717, 1.165) is 0 Å². The maximum absolute atomic E-state index is 11.5. The molecule has 1 aliphatic heterocycles. The van der Waals surface area contributed by atoms with Gasteiger partial charge in [0.15, 0.2) is 11.5 Å². The van der Waals surface area contributed by atoms with Crippen molar-refractivity contribution in [3.8, 4) is 11.5 Å². The van der Waals surface area contributed by atoms with Crippen molar-refractivity contribution in [1.29, 1.82) is 0 Å². The van der Waals surface area contributed by atoms with Gasteiger partial charge in [-0.15, -0.1) is 0 Å². The van der Waals surface area contributed by atoms with Crippen LogP contribution >= 0.6 is 0 Å². The van der Waals surface area contributed by atoms with Gasteiger partial charge in [-0.05, 0) is 12.1 Å². The zero-order valence-electron chi connectivity index (χ0n) is 8.29. The monoisotopic (exact) mass is 207 g/mol. The van der Waals surface area contributed by atoms with Crippen LogP contribution in [0.5, 0.6) is 11.5 Å². The van der Waals surface area contributed by atoms with E-state index < -0.39 is 11.7 Å². The number of hydrogen-bond donors (Lipinski definition) is 1. The minimum absolute atomic E-state index is 0.238. The van der Waals surface area contributed by atoms with Crippen LogP contribution in [0.1, 0.15) is 10.4 Å². The summed E-state index contributed by atoms with van der Waals surface area (Å²) < 4.78 is 10.1. The summed E-state index contributed by atoms with van der Waals surface area (Å²) in [7, 11) is 2.90. The predicted molar refractivity (Wildman–Crippen MR) is 52.5 cm³/mol. The van der Waals surface area contributed by atoms with Gasteiger partial charge < -0.3 is 14.8 Å². The van der Waals surface area contributed by atoms with Gasteiger partial charge in [-0.3, -0.25) is 9.59 Å². The number of Topliss-reactive ketones (excluding diaryl/α,β-unsaturated/α-hetero) is 1. The van der Waals surface area contributed by atoms with Crippen LogP contribution in [0.3, 0.4) is 0 Å². The maximum atomic E-state index is 11.5. The van der Waals surface area contributed by atoms with Gasteiger partial charge >= 0.3 is 0 Å². The van der Waals surface area contributed by atoms with Gasteiger partial charge in [0.2, 0.25) is 0 Å². The van der Waals surface area contributed by atoms with Crippen molar-refractivity contribution in [2.45, 2.75) is 0 Å². The summed E-state index contributed by atoms with van der Waals surface area (Å²) in [6.07, 6.45) is 0. The second kappa shape index (κ2) is 3.27. The summed E-state index contributed by atoms with van der Waals surface area (Å²) in [5.74, 6) is -0.517. The fourth-order valence-electron chi connectivity index (χ4n) is 1.55. The summed E-state index contributed by atoms with van der Waals surface area (Å²) in [6, 6.07) is 3.25. The molecule has 0 spiro atoms.